The van der Waals surface area contributed by atoms with Gasteiger partial charge in [0.15, 0.2) is 0 Å². The molecule has 108 valence electrons. The summed E-state index contributed by atoms with van der Waals surface area (Å²) in [4.78, 5) is 13.9. The third-order valence-electron chi connectivity index (χ3n) is 4.41. The summed E-state index contributed by atoms with van der Waals surface area (Å²) >= 11 is 3.42. The lowest BCUT2D eigenvalue weighted by Gasteiger charge is -2.33. The number of fused-ring (bicyclic) bond motifs is 1. The summed E-state index contributed by atoms with van der Waals surface area (Å²) in [5, 5.41) is 12.8. The number of rotatable bonds is 3. The van der Waals surface area contributed by atoms with Crippen LogP contribution in [0, 0.1) is 0 Å². The first kappa shape index (κ1) is 13.9. The lowest BCUT2D eigenvalue weighted by molar-refractivity contribution is 0.0698. The Morgan fingerprint density at radius 1 is 1.30 bits per heavy atom. The maximum Gasteiger partial charge on any atom is 0.337 e. The molecule has 2 unspecified atom stereocenters. The summed E-state index contributed by atoms with van der Waals surface area (Å²) in [5.41, 5.74) is 1.08. The molecule has 0 spiro atoms. The number of benzene rings is 1. The van der Waals surface area contributed by atoms with Crippen LogP contribution in [0.3, 0.4) is 0 Å². The Morgan fingerprint density at radius 3 is 2.95 bits per heavy atom. The zero-order valence-corrected chi connectivity index (χ0v) is 12.9. The Morgan fingerprint density at radius 2 is 2.15 bits per heavy atom. The molecule has 20 heavy (non-hydrogen) atoms. The van der Waals surface area contributed by atoms with Gasteiger partial charge in [0.2, 0.25) is 0 Å². The minimum absolute atomic E-state index is 0.349. The quantitative estimate of drug-likeness (QED) is 0.888. The number of anilines is 1. The van der Waals surface area contributed by atoms with E-state index in [1.54, 1.807) is 12.1 Å². The standard InChI is InChI=1S/C15H19BrN2O2/c16-10-4-5-11(15(19)20)13(9-10)17-12-6-8-18-7-2-1-3-14(12)18/h4-5,9,12,14,17H,1-3,6-8H2,(H,19,20). The molecule has 0 saturated carbocycles. The molecule has 4 nitrogen and oxygen atoms in total. The minimum atomic E-state index is -0.876. The van der Waals surface area contributed by atoms with Crippen LogP contribution in [0.25, 0.3) is 0 Å². The SMILES string of the molecule is O=C(O)c1ccc(Br)cc1NC1CCN2CCCCC12. The van der Waals surface area contributed by atoms with E-state index in [1.165, 1.54) is 25.8 Å². The highest BCUT2D eigenvalue weighted by molar-refractivity contribution is 9.10. The fraction of sp³-hybridized carbons (Fsp3) is 0.533. The highest BCUT2D eigenvalue weighted by Crippen LogP contribution is 2.31. The van der Waals surface area contributed by atoms with Crippen LogP contribution in [0.4, 0.5) is 5.69 Å². The van der Waals surface area contributed by atoms with Gasteiger partial charge in [0.25, 0.3) is 0 Å². The fourth-order valence-electron chi connectivity index (χ4n) is 3.44. The van der Waals surface area contributed by atoms with Crippen molar-refractivity contribution >= 4 is 27.6 Å². The van der Waals surface area contributed by atoms with Gasteiger partial charge in [-0.15, -0.1) is 0 Å². The Balaban J connectivity index is 1.80. The normalized spacial score (nSPS) is 26.2. The van der Waals surface area contributed by atoms with Crippen molar-refractivity contribution in [1.82, 2.24) is 4.90 Å². The van der Waals surface area contributed by atoms with Gasteiger partial charge >= 0.3 is 5.97 Å². The van der Waals surface area contributed by atoms with E-state index in [-0.39, 0.29) is 0 Å². The van der Waals surface area contributed by atoms with Gasteiger partial charge in [-0.3, -0.25) is 4.90 Å². The topological polar surface area (TPSA) is 52.6 Å². The molecule has 1 aromatic rings. The first-order chi connectivity index (χ1) is 9.65. The van der Waals surface area contributed by atoms with Crippen LogP contribution in [0.5, 0.6) is 0 Å². The molecule has 0 bridgehead atoms. The van der Waals surface area contributed by atoms with Crippen LogP contribution >= 0.6 is 15.9 Å². The monoisotopic (exact) mass is 338 g/mol. The number of carboxylic acids is 1. The molecule has 0 aliphatic carbocycles. The number of carbonyl (C=O) groups is 1. The summed E-state index contributed by atoms with van der Waals surface area (Å²) in [6.07, 6.45) is 4.88. The summed E-state index contributed by atoms with van der Waals surface area (Å²) in [6.45, 7) is 2.31. The second-order valence-electron chi connectivity index (χ2n) is 5.63. The number of hydrogen-bond acceptors (Lipinski definition) is 3. The Kier molecular flexibility index (Phi) is 3.98. The molecule has 2 N–H and O–H groups in total. The molecule has 2 atom stereocenters. The maximum absolute atomic E-state index is 11.3. The van der Waals surface area contributed by atoms with E-state index in [1.807, 2.05) is 6.07 Å². The number of hydrogen-bond donors (Lipinski definition) is 2. The van der Waals surface area contributed by atoms with Gasteiger partial charge in [-0.2, -0.15) is 0 Å². The van der Waals surface area contributed by atoms with Crippen molar-refractivity contribution in [3.8, 4) is 0 Å². The maximum atomic E-state index is 11.3. The number of nitrogens with zero attached hydrogens (tertiary/aromatic N) is 1. The van der Waals surface area contributed by atoms with Gasteiger partial charge in [0.1, 0.15) is 0 Å². The van der Waals surface area contributed by atoms with E-state index < -0.39 is 5.97 Å². The smallest absolute Gasteiger partial charge is 0.337 e. The number of carboxylic acid groups (broad SMARTS) is 1. The Labute approximate surface area is 127 Å². The molecule has 2 heterocycles. The predicted molar refractivity (Wildman–Crippen MR) is 82.3 cm³/mol. The number of nitrogens with one attached hydrogen (secondary N) is 1. The van der Waals surface area contributed by atoms with Gasteiger partial charge in [0.05, 0.1) is 11.3 Å². The Hall–Kier alpha value is -1.07. The van der Waals surface area contributed by atoms with Crippen LogP contribution in [0.15, 0.2) is 22.7 Å². The van der Waals surface area contributed by atoms with E-state index in [2.05, 4.69) is 26.1 Å². The third-order valence-corrected chi connectivity index (χ3v) is 4.90. The number of halogens is 1. The molecule has 0 radical (unpaired) electrons. The lowest BCUT2D eigenvalue weighted by atomic mass is 9.98. The zero-order chi connectivity index (χ0) is 14.1. The fourth-order valence-corrected chi connectivity index (χ4v) is 3.80. The zero-order valence-electron chi connectivity index (χ0n) is 11.3. The minimum Gasteiger partial charge on any atom is -0.478 e. The molecule has 2 aliphatic rings. The van der Waals surface area contributed by atoms with E-state index >= 15 is 0 Å². The summed E-state index contributed by atoms with van der Waals surface area (Å²) in [6, 6.07) is 6.22. The molecule has 5 heteroatoms. The lowest BCUT2D eigenvalue weighted by Crippen LogP contribution is -2.41. The van der Waals surface area contributed by atoms with Gasteiger partial charge in [-0.1, -0.05) is 22.4 Å². The second kappa shape index (κ2) is 5.74. The molecule has 0 aromatic heterocycles. The highest BCUT2D eigenvalue weighted by Gasteiger charge is 2.35. The molecule has 3 rings (SSSR count). The number of piperidine rings is 1. The molecule has 1 aromatic carbocycles. The van der Waals surface area contributed by atoms with Crippen molar-refractivity contribution in [3.63, 3.8) is 0 Å². The molecule has 2 fully saturated rings. The molecular formula is C15H19BrN2O2. The van der Waals surface area contributed by atoms with Crippen LogP contribution < -0.4 is 5.32 Å². The average Bonchev–Trinajstić information content (AvgIpc) is 2.82. The first-order valence-electron chi connectivity index (χ1n) is 7.18. The van der Waals surface area contributed by atoms with E-state index in [0.29, 0.717) is 17.6 Å². The van der Waals surface area contributed by atoms with Crippen molar-refractivity contribution in [2.45, 2.75) is 37.8 Å². The van der Waals surface area contributed by atoms with E-state index in [4.69, 9.17) is 0 Å². The van der Waals surface area contributed by atoms with Crippen LogP contribution in [-0.4, -0.2) is 41.1 Å². The second-order valence-corrected chi connectivity index (χ2v) is 6.55. The van der Waals surface area contributed by atoms with Crippen LogP contribution in [0.1, 0.15) is 36.0 Å². The van der Waals surface area contributed by atoms with E-state index in [9.17, 15) is 9.90 Å². The van der Waals surface area contributed by atoms with Gasteiger partial charge < -0.3 is 10.4 Å². The van der Waals surface area contributed by atoms with Crippen molar-refractivity contribution in [2.24, 2.45) is 0 Å². The Bertz CT molecular complexity index is 521. The molecule has 2 aliphatic heterocycles. The van der Waals surface area contributed by atoms with Crippen molar-refractivity contribution in [2.75, 3.05) is 18.4 Å². The van der Waals surface area contributed by atoms with Gasteiger partial charge in [-0.25, -0.2) is 4.79 Å². The highest BCUT2D eigenvalue weighted by atomic mass is 79.9. The van der Waals surface area contributed by atoms with Gasteiger partial charge in [0, 0.05) is 23.1 Å². The van der Waals surface area contributed by atoms with Crippen LogP contribution in [0.2, 0.25) is 0 Å². The molecule has 2 saturated heterocycles. The van der Waals surface area contributed by atoms with Crippen molar-refractivity contribution < 1.29 is 9.90 Å². The number of aromatic carboxylic acids is 1. The van der Waals surface area contributed by atoms with Crippen molar-refractivity contribution in [1.29, 1.82) is 0 Å². The van der Waals surface area contributed by atoms with E-state index in [0.717, 1.165) is 23.1 Å². The third kappa shape index (κ3) is 2.69. The molecular weight excluding hydrogens is 320 g/mol. The first-order valence-corrected chi connectivity index (χ1v) is 7.98. The average molecular weight is 339 g/mol. The summed E-state index contributed by atoms with van der Waals surface area (Å²) < 4.78 is 0.906. The summed E-state index contributed by atoms with van der Waals surface area (Å²) in [5.74, 6) is -0.876. The largest absolute Gasteiger partial charge is 0.478 e. The summed E-state index contributed by atoms with van der Waals surface area (Å²) in [7, 11) is 0. The predicted octanol–water partition coefficient (Wildman–Crippen LogP) is 3.19. The molecule has 0 amide bonds. The van der Waals surface area contributed by atoms with Crippen LogP contribution in [-0.2, 0) is 0 Å². The van der Waals surface area contributed by atoms with Crippen molar-refractivity contribution in [3.05, 3.63) is 28.2 Å². The van der Waals surface area contributed by atoms with Gasteiger partial charge in [-0.05, 0) is 44.0 Å².